The van der Waals surface area contributed by atoms with Crippen molar-refractivity contribution in [3.63, 3.8) is 0 Å². The molecule has 0 bridgehead atoms. The molecule has 1 fully saturated rings. The Morgan fingerprint density at radius 3 is 2.70 bits per heavy atom. The van der Waals surface area contributed by atoms with E-state index < -0.39 is 28.5 Å². The van der Waals surface area contributed by atoms with Crippen LogP contribution in [0.3, 0.4) is 0 Å². The summed E-state index contributed by atoms with van der Waals surface area (Å²) in [7, 11) is 0. The second kappa shape index (κ2) is 7.51. The van der Waals surface area contributed by atoms with E-state index in [-0.39, 0.29) is 30.1 Å². The van der Waals surface area contributed by atoms with Crippen LogP contribution in [0.4, 0.5) is 0 Å². The third kappa shape index (κ3) is 2.91. The van der Waals surface area contributed by atoms with E-state index in [4.69, 9.17) is 4.74 Å². The van der Waals surface area contributed by atoms with Gasteiger partial charge in [-0.1, -0.05) is 48.8 Å². The summed E-state index contributed by atoms with van der Waals surface area (Å²) in [6.45, 7) is 7.85. The molecule has 1 saturated carbocycles. The van der Waals surface area contributed by atoms with Gasteiger partial charge >= 0.3 is 5.97 Å². The molecule has 33 heavy (non-hydrogen) atoms. The van der Waals surface area contributed by atoms with E-state index in [0.717, 1.165) is 31.3 Å². The molecular formula is C28H36O5. The fourth-order valence-corrected chi connectivity index (χ4v) is 7.88. The molecule has 0 aromatic carbocycles. The molecule has 5 aliphatic rings. The van der Waals surface area contributed by atoms with Crippen molar-refractivity contribution in [1.82, 2.24) is 0 Å². The van der Waals surface area contributed by atoms with Crippen molar-refractivity contribution in [1.29, 1.82) is 0 Å². The van der Waals surface area contributed by atoms with E-state index in [9.17, 15) is 19.8 Å². The first-order valence-corrected chi connectivity index (χ1v) is 12.4. The average Bonchev–Trinajstić information content (AvgIpc) is 3.06. The molecule has 7 unspecified atom stereocenters. The Labute approximate surface area is 196 Å². The van der Waals surface area contributed by atoms with E-state index in [2.05, 4.69) is 26.0 Å². The highest BCUT2D eigenvalue weighted by molar-refractivity contribution is 5.98. The maximum absolute atomic E-state index is 13.1. The zero-order valence-corrected chi connectivity index (χ0v) is 20.2. The number of ether oxygens (including phenoxy) is 1. The molecule has 5 nitrogen and oxygen atoms in total. The fourth-order valence-electron chi connectivity index (χ4n) is 7.88. The molecule has 0 radical (unpaired) electrons. The number of carbonyl (C=O) groups is 2. The molecule has 4 aliphatic carbocycles. The lowest BCUT2D eigenvalue weighted by Crippen LogP contribution is -2.58. The highest BCUT2D eigenvalue weighted by Gasteiger charge is 2.63. The fraction of sp³-hybridized carbons (Fsp3) is 0.643. The van der Waals surface area contributed by atoms with Gasteiger partial charge in [0.1, 0.15) is 6.10 Å². The summed E-state index contributed by atoms with van der Waals surface area (Å²) >= 11 is 0. The first-order valence-electron chi connectivity index (χ1n) is 12.4. The molecule has 1 aliphatic heterocycles. The highest BCUT2D eigenvalue weighted by Crippen LogP contribution is 2.66. The van der Waals surface area contributed by atoms with Crippen LogP contribution in [-0.2, 0) is 14.3 Å². The van der Waals surface area contributed by atoms with Crippen LogP contribution >= 0.6 is 0 Å². The van der Waals surface area contributed by atoms with Crippen molar-refractivity contribution in [3.8, 4) is 0 Å². The minimum atomic E-state index is -1.02. The van der Waals surface area contributed by atoms with E-state index in [1.54, 1.807) is 6.08 Å². The topological polar surface area (TPSA) is 83.8 Å². The van der Waals surface area contributed by atoms with Gasteiger partial charge in [0.25, 0.3) is 0 Å². The minimum absolute atomic E-state index is 0.219. The van der Waals surface area contributed by atoms with Crippen molar-refractivity contribution < 1.29 is 24.5 Å². The van der Waals surface area contributed by atoms with Gasteiger partial charge in [-0.25, -0.2) is 4.79 Å². The second-order valence-electron chi connectivity index (χ2n) is 11.4. The van der Waals surface area contributed by atoms with Crippen molar-refractivity contribution in [3.05, 3.63) is 46.6 Å². The van der Waals surface area contributed by atoms with E-state index in [1.807, 2.05) is 19.9 Å². The predicted octanol–water partition coefficient (Wildman–Crippen LogP) is 4.21. The summed E-state index contributed by atoms with van der Waals surface area (Å²) in [4.78, 5) is 25.5. The Kier molecular flexibility index (Phi) is 5.19. The van der Waals surface area contributed by atoms with Crippen molar-refractivity contribution in [2.24, 2.45) is 28.6 Å². The molecule has 0 saturated heterocycles. The third-order valence-electron chi connectivity index (χ3n) is 10.2. The van der Waals surface area contributed by atoms with Crippen LogP contribution in [0, 0.1) is 28.6 Å². The Balaban J connectivity index is 1.44. The monoisotopic (exact) mass is 452 g/mol. The average molecular weight is 453 g/mol. The number of aliphatic hydroxyl groups is 2. The number of hydrogen-bond donors (Lipinski definition) is 2. The van der Waals surface area contributed by atoms with Gasteiger partial charge in [0, 0.05) is 17.8 Å². The Morgan fingerprint density at radius 2 is 2.00 bits per heavy atom. The van der Waals surface area contributed by atoms with Crippen LogP contribution < -0.4 is 0 Å². The van der Waals surface area contributed by atoms with Crippen molar-refractivity contribution in [2.75, 3.05) is 6.61 Å². The number of hydrogen-bond acceptors (Lipinski definition) is 5. The SMILES string of the molecule is CC1=C(CO)C(=O)OC(C(C)C2(O)CC=C3C4CC=C5CC=CC(=O)C5(C)C4CCC32C)C1. The second-order valence-corrected chi connectivity index (χ2v) is 11.4. The Hall–Kier alpha value is -1.98. The largest absolute Gasteiger partial charge is 0.458 e. The van der Waals surface area contributed by atoms with Gasteiger partial charge in [0.2, 0.25) is 0 Å². The van der Waals surface area contributed by atoms with Crippen molar-refractivity contribution in [2.45, 2.75) is 77.9 Å². The number of aliphatic hydroxyl groups excluding tert-OH is 1. The molecule has 0 aromatic rings. The Morgan fingerprint density at radius 1 is 1.24 bits per heavy atom. The molecule has 2 N–H and O–H groups in total. The first-order chi connectivity index (χ1) is 15.6. The van der Waals surface area contributed by atoms with Crippen LogP contribution in [-0.4, -0.2) is 40.3 Å². The molecular weight excluding hydrogens is 416 g/mol. The summed E-state index contributed by atoms with van der Waals surface area (Å²) in [5.41, 5.74) is 1.87. The first kappa shape index (κ1) is 22.8. The zero-order chi connectivity index (χ0) is 23.8. The van der Waals surface area contributed by atoms with Gasteiger partial charge in [-0.2, -0.15) is 0 Å². The van der Waals surface area contributed by atoms with Gasteiger partial charge in [0.15, 0.2) is 5.78 Å². The number of allylic oxidation sites excluding steroid dienone is 4. The molecule has 0 aromatic heterocycles. The van der Waals surface area contributed by atoms with Crippen LogP contribution in [0.5, 0.6) is 0 Å². The van der Waals surface area contributed by atoms with E-state index in [0.29, 0.717) is 18.4 Å². The molecule has 1 heterocycles. The Bertz CT molecular complexity index is 1030. The van der Waals surface area contributed by atoms with Gasteiger partial charge in [-0.3, -0.25) is 4.79 Å². The van der Waals surface area contributed by atoms with Crippen LogP contribution in [0.25, 0.3) is 0 Å². The third-order valence-corrected chi connectivity index (χ3v) is 10.2. The lowest BCUT2D eigenvalue weighted by atomic mass is 9.48. The van der Waals surface area contributed by atoms with Gasteiger partial charge in [0.05, 0.1) is 23.2 Å². The maximum Gasteiger partial charge on any atom is 0.336 e. The molecule has 7 atom stereocenters. The minimum Gasteiger partial charge on any atom is -0.458 e. The smallest absolute Gasteiger partial charge is 0.336 e. The summed E-state index contributed by atoms with van der Waals surface area (Å²) < 4.78 is 5.73. The molecule has 0 spiro atoms. The van der Waals surface area contributed by atoms with Gasteiger partial charge in [-0.15, -0.1) is 0 Å². The molecule has 5 rings (SSSR count). The normalized spacial score (nSPS) is 43.3. The summed E-state index contributed by atoms with van der Waals surface area (Å²) in [6.07, 6.45) is 12.4. The number of ketones is 1. The van der Waals surface area contributed by atoms with Gasteiger partial charge < -0.3 is 14.9 Å². The number of fused-ring (bicyclic) bond motifs is 5. The standard InChI is InChI=1S/C28H36O5/c1-16-14-23(33-25(31)20(16)15-29)17(2)28(32)13-11-21-19-9-8-18-6-5-7-24(30)27(18,4)22(19)10-12-26(21,28)3/h5,7-8,11,17,19,22-23,29,32H,6,9-10,12-15H2,1-4H3. The van der Waals surface area contributed by atoms with Crippen molar-refractivity contribution >= 4 is 11.8 Å². The summed E-state index contributed by atoms with van der Waals surface area (Å²) in [6, 6.07) is 0. The lowest BCUT2D eigenvalue weighted by molar-refractivity contribution is -0.168. The highest BCUT2D eigenvalue weighted by atomic mass is 16.5. The molecule has 0 amide bonds. The molecule has 178 valence electrons. The van der Waals surface area contributed by atoms with Crippen LogP contribution in [0.1, 0.15) is 66.2 Å². The van der Waals surface area contributed by atoms with Crippen LogP contribution in [0.15, 0.2) is 46.6 Å². The van der Waals surface area contributed by atoms with Crippen LogP contribution in [0.2, 0.25) is 0 Å². The quantitative estimate of drug-likeness (QED) is 0.495. The van der Waals surface area contributed by atoms with Gasteiger partial charge in [-0.05, 0) is 63.9 Å². The number of cyclic esters (lactones) is 1. The number of rotatable bonds is 3. The summed E-state index contributed by atoms with van der Waals surface area (Å²) in [5, 5.41) is 21.7. The maximum atomic E-state index is 13.1. The molecule has 5 heteroatoms. The zero-order valence-electron chi connectivity index (χ0n) is 20.2. The van der Waals surface area contributed by atoms with E-state index >= 15 is 0 Å². The number of esters is 1. The summed E-state index contributed by atoms with van der Waals surface area (Å²) in [5.74, 6) is 0.0129. The van der Waals surface area contributed by atoms with E-state index in [1.165, 1.54) is 11.1 Å². The lowest BCUT2D eigenvalue weighted by Gasteiger charge is -2.57. The predicted molar refractivity (Wildman–Crippen MR) is 125 cm³/mol. The number of carbonyl (C=O) groups excluding carboxylic acids is 2.